The Morgan fingerprint density at radius 2 is 1.49 bits per heavy atom. The van der Waals surface area contributed by atoms with E-state index in [1.54, 1.807) is 51.7 Å². The van der Waals surface area contributed by atoms with Crippen LogP contribution in [0.2, 0.25) is 0 Å². The Bertz CT molecular complexity index is 1260. The molecule has 37 heavy (non-hydrogen) atoms. The van der Waals surface area contributed by atoms with Gasteiger partial charge in [0.05, 0.1) is 41.2 Å². The Hall–Kier alpha value is -4.53. The minimum Gasteiger partial charge on any atom is -0.504 e. The van der Waals surface area contributed by atoms with Crippen LogP contribution in [0, 0.1) is 0 Å². The molecule has 3 rings (SSSR count). The number of phenolic OH excluding ortho intramolecular Hbond substituents is 1. The number of carbonyl (C=O) groups is 1. The fourth-order valence-electron chi connectivity index (χ4n) is 3.79. The highest BCUT2D eigenvalue weighted by Crippen LogP contribution is 2.39. The number of benzene rings is 3. The zero-order valence-electron chi connectivity index (χ0n) is 21.6. The van der Waals surface area contributed by atoms with E-state index in [4.69, 9.17) is 29.4 Å². The summed E-state index contributed by atoms with van der Waals surface area (Å²) in [6.07, 6.45) is 3.90. The molecule has 0 bridgehead atoms. The van der Waals surface area contributed by atoms with Gasteiger partial charge in [-0.05, 0) is 42.0 Å². The van der Waals surface area contributed by atoms with Crippen LogP contribution in [0.25, 0.3) is 12.2 Å². The monoisotopic (exact) mass is 508 g/mol. The average molecular weight is 509 g/mol. The first-order chi connectivity index (χ1) is 17.8. The highest BCUT2D eigenvalue weighted by atomic mass is 16.5. The highest BCUT2D eigenvalue weighted by molar-refractivity contribution is 5.97. The number of Topliss-reactive ketones (excluding diaryl/α,β-unsaturated/α-hetero) is 1. The van der Waals surface area contributed by atoms with Crippen molar-refractivity contribution in [2.24, 2.45) is 0 Å². The number of carbonyl (C=O) groups excluding carboxylic acids is 1. The largest absolute Gasteiger partial charge is 0.504 e. The molecule has 0 atom stereocenters. The Kier molecular flexibility index (Phi) is 9.10. The van der Waals surface area contributed by atoms with Crippen molar-refractivity contribution < 1.29 is 33.6 Å². The van der Waals surface area contributed by atoms with E-state index in [0.717, 1.165) is 5.56 Å². The summed E-state index contributed by atoms with van der Waals surface area (Å²) < 4.78 is 26.6. The number of aromatic hydroxyl groups is 1. The second-order valence-electron chi connectivity index (χ2n) is 7.96. The van der Waals surface area contributed by atoms with E-state index in [9.17, 15) is 9.90 Å². The maximum Gasteiger partial charge on any atom is 0.203 e. The van der Waals surface area contributed by atoms with Crippen LogP contribution in [0.5, 0.6) is 34.5 Å². The van der Waals surface area contributed by atoms with E-state index < -0.39 is 0 Å². The molecule has 9 heteroatoms. The number of nitrogens with two attached hydrogens (primary N) is 1. The molecule has 196 valence electrons. The SMILES string of the molecule is COc1ccc(C(=O)CCNc2cc(OC)c(O)cc2/C=C\c2cc(OC)c(OC)c(OC)c2)cc1N. The number of nitrogens with one attached hydrogen (secondary N) is 1. The fourth-order valence-corrected chi connectivity index (χ4v) is 3.79. The summed E-state index contributed by atoms with van der Waals surface area (Å²) in [4.78, 5) is 12.7. The van der Waals surface area contributed by atoms with Crippen LogP contribution in [0.3, 0.4) is 0 Å². The smallest absolute Gasteiger partial charge is 0.203 e. The molecule has 4 N–H and O–H groups in total. The normalized spacial score (nSPS) is 10.7. The predicted octanol–water partition coefficient (Wildman–Crippen LogP) is 4.87. The molecular weight excluding hydrogens is 476 g/mol. The Balaban J connectivity index is 1.82. The summed E-state index contributed by atoms with van der Waals surface area (Å²) in [7, 11) is 7.65. The van der Waals surface area contributed by atoms with Gasteiger partial charge in [-0.2, -0.15) is 0 Å². The second-order valence-corrected chi connectivity index (χ2v) is 7.96. The second kappa shape index (κ2) is 12.4. The first-order valence-corrected chi connectivity index (χ1v) is 11.4. The molecule has 0 amide bonds. The van der Waals surface area contributed by atoms with Gasteiger partial charge in [-0.3, -0.25) is 4.79 Å². The first kappa shape index (κ1) is 27.1. The lowest BCUT2D eigenvalue weighted by molar-refractivity contribution is 0.0986. The van der Waals surface area contributed by atoms with Gasteiger partial charge in [0.15, 0.2) is 28.8 Å². The summed E-state index contributed by atoms with van der Waals surface area (Å²) in [5.41, 5.74) is 9.00. The van der Waals surface area contributed by atoms with Gasteiger partial charge in [0.25, 0.3) is 0 Å². The molecule has 3 aromatic rings. The van der Waals surface area contributed by atoms with Crippen molar-refractivity contribution in [1.82, 2.24) is 0 Å². The third-order valence-corrected chi connectivity index (χ3v) is 5.71. The van der Waals surface area contributed by atoms with Crippen LogP contribution >= 0.6 is 0 Å². The minimum absolute atomic E-state index is 0.0117. The molecule has 0 spiro atoms. The molecule has 0 aliphatic carbocycles. The van der Waals surface area contributed by atoms with Gasteiger partial charge in [-0.15, -0.1) is 0 Å². The lowest BCUT2D eigenvalue weighted by atomic mass is 10.1. The molecule has 0 fully saturated rings. The summed E-state index contributed by atoms with van der Waals surface area (Å²) in [5, 5.41) is 13.6. The van der Waals surface area contributed by atoms with E-state index in [1.165, 1.54) is 14.2 Å². The van der Waals surface area contributed by atoms with Crippen LogP contribution in [0.1, 0.15) is 27.9 Å². The fraction of sp³-hybridized carbons (Fsp3) is 0.250. The molecule has 0 saturated carbocycles. The molecule has 3 aromatic carbocycles. The Morgan fingerprint density at radius 3 is 2.05 bits per heavy atom. The Morgan fingerprint density at radius 1 is 0.838 bits per heavy atom. The minimum atomic E-state index is -0.0675. The summed E-state index contributed by atoms with van der Waals surface area (Å²) in [6.45, 7) is 0.351. The maximum absolute atomic E-state index is 12.7. The summed E-state index contributed by atoms with van der Waals surface area (Å²) >= 11 is 0. The molecule has 0 aliphatic rings. The molecule has 0 radical (unpaired) electrons. The number of phenols is 1. The van der Waals surface area contributed by atoms with Crippen LogP contribution in [-0.4, -0.2) is 53.0 Å². The standard InChI is InChI=1S/C28H32N2O7/c1-33-24-9-8-19(14-20(24)29)22(31)10-11-30-21-16-25(34-2)23(32)15-18(21)7-6-17-12-26(35-3)28(37-5)27(13-17)36-4/h6-9,12-16,30,32H,10-11,29H2,1-5H3/b7-6-. The third kappa shape index (κ3) is 6.38. The van der Waals surface area contributed by atoms with Crippen molar-refractivity contribution in [3.05, 3.63) is 59.2 Å². The lowest BCUT2D eigenvalue weighted by Crippen LogP contribution is -2.10. The van der Waals surface area contributed by atoms with E-state index in [0.29, 0.717) is 57.8 Å². The van der Waals surface area contributed by atoms with Gasteiger partial charge in [-0.25, -0.2) is 0 Å². The zero-order chi connectivity index (χ0) is 26.9. The van der Waals surface area contributed by atoms with Crippen molar-refractivity contribution in [2.75, 3.05) is 53.1 Å². The van der Waals surface area contributed by atoms with E-state index >= 15 is 0 Å². The van der Waals surface area contributed by atoms with E-state index in [-0.39, 0.29) is 18.0 Å². The predicted molar refractivity (Wildman–Crippen MR) is 145 cm³/mol. The molecule has 0 aliphatic heterocycles. The van der Waals surface area contributed by atoms with Crippen LogP contribution in [0.4, 0.5) is 11.4 Å². The van der Waals surface area contributed by atoms with Gasteiger partial charge in [0, 0.05) is 35.8 Å². The van der Waals surface area contributed by atoms with Crippen molar-refractivity contribution >= 4 is 29.3 Å². The maximum atomic E-state index is 12.7. The Labute approximate surface area is 216 Å². The molecule has 0 aromatic heterocycles. The number of anilines is 2. The topological polar surface area (TPSA) is 122 Å². The zero-order valence-corrected chi connectivity index (χ0v) is 21.6. The van der Waals surface area contributed by atoms with Gasteiger partial charge in [0.1, 0.15) is 5.75 Å². The van der Waals surface area contributed by atoms with Crippen LogP contribution in [0.15, 0.2) is 42.5 Å². The van der Waals surface area contributed by atoms with E-state index in [1.807, 2.05) is 24.3 Å². The van der Waals surface area contributed by atoms with E-state index in [2.05, 4.69) is 5.32 Å². The average Bonchev–Trinajstić information content (AvgIpc) is 2.91. The summed E-state index contributed by atoms with van der Waals surface area (Å²) in [5.74, 6) is 2.29. The molecule has 0 saturated heterocycles. The summed E-state index contributed by atoms with van der Waals surface area (Å²) in [6, 6.07) is 11.9. The van der Waals surface area contributed by atoms with Gasteiger partial charge in [-0.1, -0.05) is 12.2 Å². The molecular formula is C28H32N2O7. The number of ketones is 1. The van der Waals surface area contributed by atoms with Crippen molar-refractivity contribution in [3.8, 4) is 34.5 Å². The number of hydrogen-bond acceptors (Lipinski definition) is 9. The van der Waals surface area contributed by atoms with Crippen LogP contribution < -0.4 is 34.7 Å². The third-order valence-electron chi connectivity index (χ3n) is 5.71. The molecule has 0 unspecified atom stereocenters. The number of nitrogen functional groups attached to an aromatic ring is 1. The van der Waals surface area contributed by atoms with Crippen molar-refractivity contribution in [2.45, 2.75) is 6.42 Å². The number of methoxy groups -OCH3 is 5. The van der Waals surface area contributed by atoms with Gasteiger partial charge in [0.2, 0.25) is 5.75 Å². The molecule has 0 heterocycles. The number of ether oxygens (including phenoxy) is 5. The lowest BCUT2D eigenvalue weighted by Gasteiger charge is -2.14. The van der Waals surface area contributed by atoms with Crippen molar-refractivity contribution in [1.29, 1.82) is 0 Å². The van der Waals surface area contributed by atoms with Crippen LogP contribution in [-0.2, 0) is 0 Å². The number of rotatable bonds is 12. The van der Waals surface area contributed by atoms with Gasteiger partial charge >= 0.3 is 0 Å². The highest BCUT2D eigenvalue weighted by Gasteiger charge is 2.14. The van der Waals surface area contributed by atoms with Crippen molar-refractivity contribution in [3.63, 3.8) is 0 Å². The van der Waals surface area contributed by atoms with Gasteiger partial charge < -0.3 is 39.8 Å². The molecule has 9 nitrogen and oxygen atoms in total. The quantitative estimate of drug-likeness (QED) is 0.136. The first-order valence-electron chi connectivity index (χ1n) is 11.4. The number of hydrogen-bond donors (Lipinski definition) is 3.